The summed E-state index contributed by atoms with van der Waals surface area (Å²) in [7, 11) is -1.84. The van der Waals surface area contributed by atoms with E-state index >= 15 is 0 Å². The maximum absolute atomic E-state index is 5.83. The SMILES string of the molecule is CCO[Si](C)(CCC1CCNC1)OCC. The van der Waals surface area contributed by atoms with Gasteiger partial charge in [0.25, 0.3) is 0 Å². The van der Waals surface area contributed by atoms with Crippen molar-refractivity contribution < 1.29 is 8.85 Å². The van der Waals surface area contributed by atoms with E-state index in [9.17, 15) is 0 Å². The fourth-order valence-corrected chi connectivity index (χ4v) is 4.75. The quantitative estimate of drug-likeness (QED) is 0.681. The van der Waals surface area contributed by atoms with Gasteiger partial charge in [-0.3, -0.25) is 0 Å². The molecule has 90 valence electrons. The minimum atomic E-state index is -1.84. The van der Waals surface area contributed by atoms with Crippen molar-refractivity contribution in [2.75, 3.05) is 26.3 Å². The molecule has 0 aromatic rings. The Morgan fingerprint density at radius 1 is 1.27 bits per heavy atom. The third-order valence-corrected chi connectivity index (χ3v) is 6.06. The van der Waals surface area contributed by atoms with E-state index < -0.39 is 8.56 Å². The van der Waals surface area contributed by atoms with Crippen LogP contribution in [0.25, 0.3) is 0 Å². The summed E-state index contributed by atoms with van der Waals surface area (Å²) in [6.07, 6.45) is 2.58. The number of hydrogen-bond acceptors (Lipinski definition) is 3. The van der Waals surface area contributed by atoms with Crippen LogP contribution in [0.15, 0.2) is 0 Å². The lowest BCUT2D eigenvalue weighted by molar-refractivity contribution is 0.186. The minimum Gasteiger partial charge on any atom is -0.395 e. The molecule has 0 radical (unpaired) electrons. The normalized spacial score (nSPS) is 22.2. The molecular formula is C11H25NO2Si. The van der Waals surface area contributed by atoms with Crippen LogP contribution in [0, 0.1) is 5.92 Å². The van der Waals surface area contributed by atoms with E-state index in [-0.39, 0.29) is 0 Å². The highest BCUT2D eigenvalue weighted by Crippen LogP contribution is 2.22. The van der Waals surface area contributed by atoms with Crippen molar-refractivity contribution in [3.05, 3.63) is 0 Å². The Labute approximate surface area is 94.8 Å². The molecule has 0 amide bonds. The fourth-order valence-electron chi connectivity index (χ4n) is 2.22. The third-order valence-electron chi connectivity index (χ3n) is 3.07. The second-order valence-corrected chi connectivity index (χ2v) is 7.74. The van der Waals surface area contributed by atoms with E-state index in [1.807, 2.05) is 0 Å². The first-order valence-corrected chi connectivity index (χ1v) is 8.71. The zero-order valence-corrected chi connectivity index (χ0v) is 11.3. The number of hydrogen-bond donors (Lipinski definition) is 1. The average molecular weight is 231 g/mol. The smallest absolute Gasteiger partial charge is 0.334 e. The molecule has 1 atom stereocenters. The Hall–Kier alpha value is 0.0969. The monoisotopic (exact) mass is 231 g/mol. The van der Waals surface area contributed by atoms with Crippen molar-refractivity contribution in [1.82, 2.24) is 5.32 Å². The molecule has 0 bridgehead atoms. The van der Waals surface area contributed by atoms with Gasteiger partial charge < -0.3 is 14.2 Å². The highest BCUT2D eigenvalue weighted by atomic mass is 28.4. The molecule has 0 saturated carbocycles. The van der Waals surface area contributed by atoms with Crippen molar-refractivity contribution in [1.29, 1.82) is 0 Å². The molecule has 1 aliphatic rings. The van der Waals surface area contributed by atoms with Gasteiger partial charge >= 0.3 is 8.56 Å². The van der Waals surface area contributed by atoms with E-state index in [2.05, 4.69) is 25.7 Å². The molecule has 0 aromatic carbocycles. The predicted octanol–water partition coefficient (Wildman–Crippen LogP) is 2.13. The van der Waals surface area contributed by atoms with Gasteiger partial charge in [-0.05, 0) is 58.3 Å². The van der Waals surface area contributed by atoms with Crippen LogP contribution in [0.2, 0.25) is 12.6 Å². The molecule has 1 N–H and O–H groups in total. The molecule has 4 heteroatoms. The zero-order chi connectivity index (χ0) is 11.1. The maximum Gasteiger partial charge on any atom is 0.334 e. The van der Waals surface area contributed by atoms with Gasteiger partial charge in [-0.1, -0.05) is 0 Å². The van der Waals surface area contributed by atoms with E-state index in [1.165, 1.54) is 25.9 Å². The maximum atomic E-state index is 5.83. The predicted molar refractivity (Wildman–Crippen MR) is 65.3 cm³/mol. The van der Waals surface area contributed by atoms with Gasteiger partial charge in [-0.25, -0.2) is 0 Å². The summed E-state index contributed by atoms with van der Waals surface area (Å²) in [4.78, 5) is 0. The van der Waals surface area contributed by atoms with Crippen LogP contribution in [-0.4, -0.2) is 34.9 Å². The summed E-state index contributed by atoms with van der Waals surface area (Å²) in [6, 6.07) is 1.14. The van der Waals surface area contributed by atoms with Crippen molar-refractivity contribution >= 4 is 8.56 Å². The fraction of sp³-hybridized carbons (Fsp3) is 1.00. The molecule has 1 saturated heterocycles. The summed E-state index contributed by atoms with van der Waals surface area (Å²) in [5, 5.41) is 3.41. The van der Waals surface area contributed by atoms with Crippen LogP contribution < -0.4 is 5.32 Å². The molecule has 1 heterocycles. The second-order valence-electron chi connectivity index (χ2n) is 4.40. The molecule has 0 aromatic heterocycles. The lowest BCUT2D eigenvalue weighted by Crippen LogP contribution is -2.39. The lowest BCUT2D eigenvalue weighted by atomic mass is 10.1. The second kappa shape index (κ2) is 6.63. The highest BCUT2D eigenvalue weighted by Gasteiger charge is 2.31. The summed E-state index contributed by atoms with van der Waals surface area (Å²) >= 11 is 0. The molecule has 0 aliphatic carbocycles. The van der Waals surface area contributed by atoms with Crippen molar-refractivity contribution in [3.63, 3.8) is 0 Å². The standard InChI is InChI=1S/C11H25NO2Si/c1-4-13-15(3,14-5-2)9-7-11-6-8-12-10-11/h11-12H,4-10H2,1-3H3. The van der Waals surface area contributed by atoms with Crippen molar-refractivity contribution in [2.24, 2.45) is 5.92 Å². The van der Waals surface area contributed by atoms with Crippen LogP contribution >= 0.6 is 0 Å². The van der Waals surface area contributed by atoms with Crippen molar-refractivity contribution in [3.8, 4) is 0 Å². The Kier molecular flexibility index (Phi) is 5.82. The Morgan fingerprint density at radius 2 is 1.93 bits per heavy atom. The molecule has 0 spiro atoms. The summed E-state index contributed by atoms with van der Waals surface area (Å²) < 4.78 is 11.7. The van der Waals surface area contributed by atoms with Crippen LogP contribution in [0.5, 0.6) is 0 Å². The van der Waals surface area contributed by atoms with Crippen LogP contribution in [0.1, 0.15) is 26.7 Å². The molecule has 1 rings (SSSR count). The molecule has 15 heavy (non-hydrogen) atoms. The van der Waals surface area contributed by atoms with E-state index in [4.69, 9.17) is 8.85 Å². The molecule has 1 fully saturated rings. The van der Waals surface area contributed by atoms with Gasteiger partial charge in [-0.15, -0.1) is 0 Å². The lowest BCUT2D eigenvalue weighted by Gasteiger charge is -2.26. The Balaban J connectivity index is 2.29. The Bertz CT molecular complexity index is 166. The van der Waals surface area contributed by atoms with Gasteiger partial charge in [0.15, 0.2) is 0 Å². The molecule has 1 aliphatic heterocycles. The Morgan fingerprint density at radius 3 is 2.40 bits per heavy atom. The van der Waals surface area contributed by atoms with Crippen LogP contribution in [0.4, 0.5) is 0 Å². The topological polar surface area (TPSA) is 30.5 Å². The van der Waals surface area contributed by atoms with E-state index in [0.29, 0.717) is 0 Å². The van der Waals surface area contributed by atoms with Gasteiger partial charge in [0.2, 0.25) is 0 Å². The molecular weight excluding hydrogens is 206 g/mol. The summed E-state index contributed by atoms with van der Waals surface area (Å²) in [5.74, 6) is 0.845. The summed E-state index contributed by atoms with van der Waals surface area (Å²) in [5.41, 5.74) is 0. The van der Waals surface area contributed by atoms with Gasteiger partial charge in [-0.2, -0.15) is 0 Å². The average Bonchev–Trinajstić information content (AvgIpc) is 2.68. The molecule has 3 nitrogen and oxygen atoms in total. The first-order valence-electron chi connectivity index (χ1n) is 6.19. The summed E-state index contributed by atoms with van der Waals surface area (Å²) in [6.45, 7) is 10.2. The minimum absolute atomic E-state index is 0.783. The van der Waals surface area contributed by atoms with E-state index in [1.54, 1.807) is 0 Å². The van der Waals surface area contributed by atoms with Gasteiger partial charge in [0.1, 0.15) is 0 Å². The van der Waals surface area contributed by atoms with Crippen molar-refractivity contribution in [2.45, 2.75) is 39.3 Å². The van der Waals surface area contributed by atoms with Gasteiger partial charge in [0, 0.05) is 13.2 Å². The zero-order valence-electron chi connectivity index (χ0n) is 10.3. The largest absolute Gasteiger partial charge is 0.395 e. The number of rotatable bonds is 7. The first-order chi connectivity index (χ1) is 7.20. The number of nitrogens with one attached hydrogen (secondary N) is 1. The van der Waals surface area contributed by atoms with E-state index in [0.717, 1.165) is 25.2 Å². The van der Waals surface area contributed by atoms with Gasteiger partial charge in [0.05, 0.1) is 0 Å². The molecule has 1 unspecified atom stereocenters. The third kappa shape index (κ3) is 4.63. The highest BCUT2D eigenvalue weighted by molar-refractivity contribution is 6.66. The van der Waals surface area contributed by atoms with Crippen LogP contribution in [0.3, 0.4) is 0 Å². The van der Waals surface area contributed by atoms with Crippen LogP contribution in [-0.2, 0) is 8.85 Å². The first kappa shape index (κ1) is 13.2.